The number of nitrogens with one attached hydrogen (secondary N) is 2. The van der Waals surface area contributed by atoms with E-state index in [2.05, 4.69) is 32.4 Å². The fourth-order valence-corrected chi connectivity index (χ4v) is 4.77. The first-order valence-corrected chi connectivity index (χ1v) is 13.2. The number of hydrogen-bond donors (Lipinski definition) is 4. The minimum atomic E-state index is -1.32. The molecule has 0 aliphatic carbocycles. The molecule has 212 valence electrons. The number of fused-ring (bicyclic) bond motifs is 1. The maximum atomic E-state index is 12.9. The first-order valence-electron chi connectivity index (χ1n) is 13.2. The van der Waals surface area contributed by atoms with Gasteiger partial charge in [0.2, 0.25) is 5.89 Å². The largest absolute Gasteiger partial charge is 0.417 e. The zero-order valence-corrected chi connectivity index (χ0v) is 23.4. The van der Waals surface area contributed by atoms with Crippen molar-refractivity contribution in [3.05, 3.63) is 90.1 Å². The smallest absolute Gasteiger partial charge is 0.256 e. The Morgan fingerprint density at radius 3 is 2.54 bits per heavy atom. The van der Waals surface area contributed by atoms with Gasteiger partial charge in [-0.05, 0) is 45.4 Å². The SMILES string of the molecule is C=CCN1C(=O)c2ccc(Nc3cc(N[C@H](CO)c4ccccc4)c(-c4nnc(C(C)(C)O)o4)cn3)nc2C1(C)C. The minimum Gasteiger partial charge on any atom is -0.417 e. The van der Waals surface area contributed by atoms with Gasteiger partial charge in [-0.2, -0.15) is 0 Å². The van der Waals surface area contributed by atoms with Crippen LogP contribution in [0.2, 0.25) is 0 Å². The molecule has 11 heteroatoms. The Kier molecular flexibility index (Phi) is 7.33. The zero-order chi connectivity index (χ0) is 29.4. The Bertz CT molecular complexity index is 1580. The van der Waals surface area contributed by atoms with Crippen LogP contribution in [0.4, 0.5) is 17.3 Å². The van der Waals surface area contributed by atoms with Crippen LogP contribution in [0.5, 0.6) is 0 Å². The third-order valence-corrected chi connectivity index (χ3v) is 6.99. The lowest BCUT2D eigenvalue weighted by Crippen LogP contribution is -2.39. The molecule has 0 saturated heterocycles. The van der Waals surface area contributed by atoms with Crippen molar-refractivity contribution in [2.75, 3.05) is 23.8 Å². The Morgan fingerprint density at radius 2 is 1.88 bits per heavy atom. The van der Waals surface area contributed by atoms with Crippen molar-refractivity contribution in [1.82, 2.24) is 25.1 Å². The van der Waals surface area contributed by atoms with Crippen molar-refractivity contribution in [3.63, 3.8) is 0 Å². The van der Waals surface area contributed by atoms with Crippen molar-refractivity contribution in [3.8, 4) is 11.5 Å². The molecule has 1 amide bonds. The number of aliphatic hydroxyl groups excluding tert-OH is 1. The average molecular weight is 556 g/mol. The number of carbonyl (C=O) groups excluding carboxylic acids is 1. The normalized spacial score (nSPS) is 15.0. The zero-order valence-electron chi connectivity index (χ0n) is 23.4. The molecule has 41 heavy (non-hydrogen) atoms. The highest BCUT2D eigenvalue weighted by atomic mass is 16.4. The summed E-state index contributed by atoms with van der Waals surface area (Å²) in [5.74, 6) is 1.11. The Hall–Kier alpha value is -4.61. The summed E-state index contributed by atoms with van der Waals surface area (Å²) in [6.45, 7) is 11.0. The molecule has 11 nitrogen and oxygen atoms in total. The highest BCUT2D eigenvalue weighted by Gasteiger charge is 2.43. The van der Waals surface area contributed by atoms with E-state index in [0.29, 0.717) is 40.7 Å². The molecule has 1 aliphatic heterocycles. The van der Waals surface area contributed by atoms with Gasteiger partial charge in [-0.3, -0.25) is 4.79 Å². The maximum absolute atomic E-state index is 12.9. The summed E-state index contributed by atoms with van der Waals surface area (Å²) in [4.78, 5) is 24.0. The molecular formula is C30H33N7O4. The summed E-state index contributed by atoms with van der Waals surface area (Å²) in [5.41, 5.74) is 1.22. The van der Waals surface area contributed by atoms with Gasteiger partial charge in [-0.15, -0.1) is 16.8 Å². The van der Waals surface area contributed by atoms with E-state index >= 15 is 0 Å². The molecule has 4 N–H and O–H groups in total. The lowest BCUT2D eigenvalue weighted by Gasteiger charge is -2.30. The van der Waals surface area contributed by atoms with Crippen LogP contribution in [0.1, 0.15) is 61.2 Å². The molecule has 1 aromatic carbocycles. The summed E-state index contributed by atoms with van der Waals surface area (Å²) in [6, 6.07) is 14.3. The van der Waals surface area contributed by atoms with Gasteiger partial charge in [-0.25, -0.2) is 9.97 Å². The van der Waals surface area contributed by atoms with Crippen LogP contribution < -0.4 is 10.6 Å². The van der Waals surface area contributed by atoms with E-state index in [1.54, 1.807) is 49.2 Å². The van der Waals surface area contributed by atoms with Crippen molar-refractivity contribution in [2.45, 2.75) is 44.9 Å². The lowest BCUT2D eigenvalue weighted by molar-refractivity contribution is 0.0487. The second-order valence-corrected chi connectivity index (χ2v) is 10.9. The van der Waals surface area contributed by atoms with Gasteiger partial charge in [0.1, 0.15) is 17.2 Å². The standard InChI is InChI=1S/C30H33N7O4/c1-6-14-37-27(39)19-12-13-23(34-25(19)29(37,2)3)33-24-15-21(32-22(17-38)18-10-8-7-9-11-18)20(16-31-24)26-35-36-28(41-26)30(4,5)40/h6-13,15-16,22,38,40H,1,14,17H2,2-5H3,(H2,31,32,33,34)/t22-/m1/s1. The van der Waals surface area contributed by atoms with E-state index < -0.39 is 17.2 Å². The number of benzene rings is 1. The molecular weight excluding hydrogens is 522 g/mol. The fourth-order valence-electron chi connectivity index (χ4n) is 4.77. The third kappa shape index (κ3) is 5.41. The fraction of sp³-hybridized carbons (Fsp3) is 0.300. The highest BCUT2D eigenvalue weighted by molar-refractivity contribution is 5.99. The third-order valence-electron chi connectivity index (χ3n) is 6.99. The molecule has 0 saturated carbocycles. The van der Waals surface area contributed by atoms with E-state index in [1.807, 2.05) is 44.2 Å². The van der Waals surface area contributed by atoms with E-state index in [0.717, 1.165) is 5.56 Å². The number of nitrogens with zero attached hydrogens (tertiary/aromatic N) is 5. The molecule has 0 radical (unpaired) electrons. The van der Waals surface area contributed by atoms with Gasteiger partial charge in [0.25, 0.3) is 11.8 Å². The molecule has 4 heterocycles. The van der Waals surface area contributed by atoms with Gasteiger partial charge in [0.05, 0.1) is 40.7 Å². The summed E-state index contributed by atoms with van der Waals surface area (Å²) < 4.78 is 5.78. The second-order valence-electron chi connectivity index (χ2n) is 10.9. The number of aromatic nitrogens is 4. The number of carbonyl (C=O) groups is 1. The monoisotopic (exact) mass is 555 g/mol. The molecule has 0 spiro atoms. The molecule has 5 rings (SSSR count). The summed E-state index contributed by atoms with van der Waals surface area (Å²) >= 11 is 0. The number of rotatable bonds is 10. The topological polar surface area (TPSA) is 150 Å². The van der Waals surface area contributed by atoms with Crippen LogP contribution in [0.3, 0.4) is 0 Å². The predicted octanol–water partition coefficient (Wildman–Crippen LogP) is 4.52. The number of amides is 1. The Morgan fingerprint density at radius 1 is 1.12 bits per heavy atom. The first-order chi connectivity index (χ1) is 19.5. The second kappa shape index (κ2) is 10.8. The van der Waals surface area contributed by atoms with Crippen molar-refractivity contribution < 1.29 is 19.4 Å². The maximum Gasteiger partial charge on any atom is 0.256 e. The average Bonchev–Trinajstić information content (AvgIpc) is 3.51. The van der Waals surface area contributed by atoms with E-state index in [-0.39, 0.29) is 24.3 Å². The minimum absolute atomic E-state index is 0.0624. The van der Waals surface area contributed by atoms with E-state index in [9.17, 15) is 15.0 Å². The number of pyridine rings is 2. The molecule has 1 aliphatic rings. The lowest BCUT2D eigenvalue weighted by atomic mass is 9.99. The number of anilines is 3. The van der Waals surface area contributed by atoms with Gasteiger partial charge < -0.3 is 30.2 Å². The van der Waals surface area contributed by atoms with Crippen LogP contribution in [0.15, 0.2) is 71.8 Å². The van der Waals surface area contributed by atoms with E-state index in [1.165, 1.54) is 0 Å². The quantitative estimate of drug-likeness (QED) is 0.206. The van der Waals surface area contributed by atoms with Crippen LogP contribution in [0.25, 0.3) is 11.5 Å². The Labute approximate surface area is 238 Å². The molecule has 0 fully saturated rings. The number of aliphatic hydroxyl groups is 2. The van der Waals surface area contributed by atoms with Gasteiger partial charge >= 0.3 is 0 Å². The molecule has 0 bridgehead atoms. The summed E-state index contributed by atoms with van der Waals surface area (Å²) in [6.07, 6.45) is 3.27. The highest BCUT2D eigenvalue weighted by Crippen LogP contribution is 2.39. The van der Waals surface area contributed by atoms with Crippen molar-refractivity contribution in [1.29, 1.82) is 0 Å². The van der Waals surface area contributed by atoms with Crippen molar-refractivity contribution >= 4 is 23.2 Å². The molecule has 4 aromatic rings. The number of hydrogen-bond acceptors (Lipinski definition) is 10. The molecule has 3 aromatic heterocycles. The van der Waals surface area contributed by atoms with Crippen LogP contribution in [0, 0.1) is 0 Å². The first kappa shape index (κ1) is 27.9. The van der Waals surface area contributed by atoms with Gasteiger partial charge in [0, 0.05) is 18.8 Å². The van der Waals surface area contributed by atoms with Gasteiger partial charge in [0.15, 0.2) is 0 Å². The van der Waals surface area contributed by atoms with E-state index in [4.69, 9.17) is 9.40 Å². The molecule has 0 unspecified atom stereocenters. The predicted molar refractivity (Wildman–Crippen MR) is 154 cm³/mol. The summed E-state index contributed by atoms with van der Waals surface area (Å²) in [5, 5.41) is 35.2. The molecule has 1 atom stereocenters. The Balaban J connectivity index is 1.51. The van der Waals surface area contributed by atoms with Crippen LogP contribution >= 0.6 is 0 Å². The van der Waals surface area contributed by atoms with Gasteiger partial charge in [-0.1, -0.05) is 36.4 Å². The van der Waals surface area contributed by atoms with Crippen LogP contribution in [-0.2, 0) is 11.1 Å². The van der Waals surface area contributed by atoms with Crippen molar-refractivity contribution in [2.24, 2.45) is 0 Å². The van der Waals surface area contributed by atoms with Crippen LogP contribution in [-0.4, -0.2) is 54.3 Å². The summed E-state index contributed by atoms with van der Waals surface area (Å²) in [7, 11) is 0.